The van der Waals surface area contributed by atoms with E-state index >= 15 is 0 Å². The Kier molecular flexibility index (Phi) is 4.93. The molecule has 1 aromatic rings. The highest BCUT2D eigenvalue weighted by Gasteiger charge is 2.41. The molecule has 0 bridgehead atoms. The summed E-state index contributed by atoms with van der Waals surface area (Å²) in [5.74, 6) is -0.00896. The lowest BCUT2D eigenvalue weighted by molar-refractivity contribution is -0.134. The van der Waals surface area contributed by atoms with Gasteiger partial charge in [-0.05, 0) is 42.9 Å². The third-order valence-corrected chi connectivity index (χ3v) is 4.56. The van der Waals surface area contributed by atoms with Gasteiger partial charge in [0.1, 0.15) is 12.1 Å². The van der Waals surface area contributed by atoms with Gasteiger partial charge in [-0.15, -0.1) is 11.8 Å². The first-order valence-electron chi connectivity index (χ1n) is 7.27. The summed E-state index contributed by atoms with van der Waals surface area (Å²) in [7, 11) is 0. The fourth-order valence-corrected chi connectivity index (χ4v) is 3.01. The number of nitrogens with one attached hydrogen (secondary N) is 1. The summed E-state index contributed by atoms with van der Waals surface area (Å²) in [5, 5.41) is 2.85. The second-order valence-electron chi connectivity index (χ2n) is 5.56. The van der Waals surface area contributed by atoms with E-state index in [-0.39, 0.29) is 17.7 Å². The Labute approximate surface area is 130 Å². The number of carbonyl (C=O) groups excluding carboxylic acids is 2. The molecule has 114 valence electrons. The largest absolute Gasteiger partial charge is 0.342 e. The van der Waals surface area contributed by atoms with Gasteiger partial charge in [0, 0.05) is 10.6 Å². The summed E-state index contributed by atoms with van der Waals surface area (Å²) in [6, 6.07) is 6.94. The Hall–Kier alpha value is -1.49. The van der Waals surface area contributed by atoms with E-state index in [0.717, 1.165) is 10.6 Å². The molecule has 1 aromatic carbocycles. The molecule has 0 saturated carbocycles. The smallest absolute Gasteiger partial charge is 0.250 e. The summed E-state index contributed by atoms with van der Waals surface area (Å²) < 4.78 is 0. The fourth-order valence-electron chi connectivity index (χ4n) is 2.60. The lowest BCUT2D eigenvalue weighted by Gasteiger charge is -2.40. The molecule has 1 aliphatic rings. The summed E-state index contributed by atoms with van der Waals surface area (Å²) in [5.41, 5.74) is 0.796. The van der Waals surface area contributed by atoms with Gasteiger partial charge < -0.3 is 5.32 Å². The number of carbonyl (C=O) groups is 2. The number of benzene rings is 1. The molecule has 5 heteroatoms. The van der Waals surface area contributed by atoms with Crippen LogP contribution in [0, 0.1) is 5.92 Å². The number of thioether (sulfide) groups is 1. The van der Waals surface area contributed by atoms with Crippen LogP contribution in [-0.2, 0) is 9.59 Å². The zero-order chi connectivity index (χ0) is 15.6. The molecule has 0 spiro atoms. The molecule has 2 atom stereocenters. The number of anilines is 1. The van der Waals surface area contributed by atoms with Crippen molar-refractivity contribution >= 4 is 29.3 Å². The van der Waals surface area contributed by atoms with Crippen LogP contribution in [0.5, 0.6) is 0 Å². The minimum atomic E-state index is -0.444. The number of nitrogens with zero attached hydrogens (tertiary/aromatic N) is 1. The Morgan fingerprint density at radius 3 is 2.33 bits per heavy atom. The SMILES string of the molecule is CCC1C(=O)NC(C(C)C)C(=O)N1c1ccc(SC)cc1. The zero-order valence-electron chi connectivity index (χ0n) is 12.9. The van der Waals surface area contributed by atoms with Crippen LogP contribution in [-0.4, -0.2) is 30.2 Å². The van der Waals surface area contributed by atoms with Crippen molar-refractivity contribution in [2.45, 2.75) is 44.2 Å². The minimum Gasteiger partial charge on any atom is -0.342 e. The van der Waals surface area contributed by atoms with Crippen molar-refractivity contribution in [2.24, 2.45) is 5.92 Å². The van der Waals surface area contributed by atoms with Gasteiger partial charge in [-0.1, -0.05) is 20.8 Å². The normalized spacial score (nSPS) is 22.6. The number of hydrogen-bond donors (Lipinski definition) is 1. The van der Waals surface area contributed by atoms with Crippen molar-refractivity contribution in [2.75, 3.05) is 11.2 Å². The van der Waals surface area contributed by atoms with E-state index in [1.807, 2.05) is 51.3 Å². The Morgan fingerprint density at radius 2 is 1.86 bits per heavy atom. The van der Waals surface area contributed by atoms with E-state index in [9.17, 15) is 9.59 Å². The van der Waals surface area contributed by atoms with Crippen molar-refractivity contribution in [3.05, 3.63) is 24.3 Å². The van der Waals surface area contributed by atoms with E-state index in [2.05, 4.69) is 5.32 Å². The molecule has 1 fully saturated rings. The molecule has 2 amide bonds. The minimum absolute atomic E-state index is 0.0200. The van der Waals surface area contributed by atoms with Crippen LogP contribution in [0.2, 0.25) is 0 Å². The molecule has 21 heavy (non-hydrogen) atoms. The highest BCUT2D eigenvalue weighted by molar-refractivity contribution is 7.98. The Morgan fingerprint density at radius 1 is 1.24 bits per heavy atom. The summed E-state index contributed by atoms with van der Waals surface area (Å²) in [4.78, 5) is 27.8. The molecule has 1 aliphatic heterocycles. The number of piperazine rings is 1. The molecule has 4 nitrogen and oxygen atoms in total. The molecule has 0 radical (unpaired) electrons. The van der Waals surface area contributed by atoms with E-state index in [4.69, 9.17) is 0 Å². The average molecular weight is 306 g/mol. The Bertz CT molecular complexity index is 528. The molecule has 1 saturated heterocycles. The quantitative estimate of drug-likeness (QED) is 0.870. The van der Waals surface area contributed by atoms with Crippen LogP contribution < -0.4 is 10.2 Å². The number of hydrogen-bond acceptors (Lipinski definition) is 3. The summed E-state index contributed by atoms with van der Waals surface area (Å²) in [6.07, 6.45) is 2.62. The van der Waals surface area contributed by atoms with Gasteiger partial charge in [-0.3, -0.25) is 14.5 Å². The van der Waals surface area contributed by atoms with Gasteiger partial charge >= 0.3 is 0 Å². The van der Waals surface area contributed by atoms with Crippen LogP contribution in [0.1, 0.15) is 27.2 Å². The van der Waals surface area contributed by atoms with Gasteiger partial charge in [-0.25, -0.2) is 0 Å². The first-order chi connectivity index (χ1) is 9.99. The van der Waals surface area contributed by atoms with E-state index in [0.29, 0.717) is 6.42 Å². The van der Waals surface area contributed by atoms with Crippen LogP contribution >= 0.6 is 11.8 Å². The first kappa shape index (κ1) is 15.9. The van der Waals surface area contributed by atoms with Crippen LogP contribution in [0.3, 0.4) is 0 Å². The molecular weight excluding hydrogens is 284 g/mol. The molecule has 0 aliphatic carbocycles. The molecule has 2 rings (SSSR count). The van der Waals surface area contributed by atoms with Crippen molar-refractivity contribution in [3.8, 4) is 0 Å². The lowest BCUT2D eigenvalue weighted by atomic mass is 9.96. The van der Waals surface area contributed by atoms with Crippen LogP contribution in [0.15, 0.2) is 29.2 Å². The van der Waals surface area contributed by atoms with Crippen molar-refractivity contribution in [3.63, 3.8) is 0 Å². The van der Waals surface area contributed by atoms with E-state index in [1.165, 1.54) is 0 Å². The fraction of sp³-hybridized carbons (Fsp3) is 0.500. The second-order valence-corrected chi connectivity index (χ2v) is 6.44. The summed E-state index contributed by atoms with van der Waals surface area (Å²) in [6.45, 7) is 5.82. The second kappa shape index (κ2) is 6.52. The molecule has 1 N–H and O–H groups in total. The number of rotatable bonds is 4. The predicted octanol–water partition coefficient (Wildman–Crippen LogP) is 2.67. The maximum Gasteiger partial charge on any atom is 0.250 e. The highest BCUT2D eigenvalue weighted by atomic mass is 32.2. The molecule has 0 aromatic heterocycles. The monoisotopic (exact) mass is 306 g/mol. The van der Waals surface area contributed by atoms with E-state index in [1.54, 1.807) is 16.7 Å². The van der Waals surface area contributed by atoms with Crippen molar-refractivity contribution in [1.82, 2.24) is 5.32 Å². The third kappa shape index (κ3) is 3.07. The molecule has 2 unspecified atom stereocenters. The van der Waals surface area contributed by atoms with Crippen LogP contribution in [0.4, 0.5) is 5.69 Å². The predicted molar refractivity (Wildman–Crippen MR) is 86.6 cm³/mol. The van der Waals surface area contributed by atoms with Gasteiger partial charge in [0.15, 0.2) is 0 Å². The maximum absolute atomic E-state index is 12.7. The van der Waals surface area contributed by atoms with E-state index < -0.39 is 12.1 Å². The molecular formula is C16H22N2O2S. The standard InChI is InChI=1S/C16H22N2O2S/c1-5-13-15(19)17-14(10(2)3)16(20)18(13)11-6-8-12(21-4)9-7-11/h6-10,13-14H,5H2,1-4H3,(H,17,19). The highest BCUT2D eigenvalue weighted by Crippen LogP contribution is 2.27. The summed E-state index contributed by atoms with van der Waals surface area (Å²) >= 11 is 1.65. The maximum atomic E-state index is 12.7. The van der Waals surface area contributed by atoms with Gasteiger partial charge in [0.05, 0.1) is 0 Å². The topological polar surface area (TPSA) is 49.4 Å². The average Bonchev–Trinajstić information content (AvgIpc) is 2.48. The van der Waals surface area contributed by atoms with Gasteiger partial charge in [0.2, 0.25) is 5.91 Å². The first-order valence-corrected chi connectivity index (χ1v) is 8.49. The third-order valence-electron chi connectivity index (χ3n) is 3.82. The van der Waals surface area contributed by atoms with Gasteiger partial charge in [0.25, 0.3) is 5.91 Å². The number of amides is 2. The van der Waals surface area contributed by atoms with Crippen molar-refractivity contribution in [1.29, 1.82) is 0 Å². The van der Waals surface area contributed by atoms with Crippen LogP contribution in [0.25, 0.3) is 0 Å². The molecule has 1 heterocycles. The Balaban J connectivity index is 2.38. The van der Waals surface area contributed by atoms with Gasteiger partial charge in [-0.2, -0.15) is 0 Å². The van der Waals surface area contributed by atoms with Crippen molar-refractivity contribution < 1.29 is 9.59 Å². The zero-order valence-corrected chi connectivity index (χ0v) is 13.7. The lowest BCUT2D eigenvalue weighted by Crippen LogP contribution is -2.64.